The van der Waals surface area contributed by atoms with Crippen molar-refractivity contribution in [2.24, 2.45) is 11.0 Å². The second-order valence-corrected chi connectivity index (χ2v) is 11.0. The van der Waals surface area contributed by atoms with Crippen molar-refractivity contribution in [3.63, 3.8) is 0 Å². The molecule has 1 saturated heterocycles. The van der Waals surface area contributed by atoms with E-state index in [2.05, 4.69) is 4.90 Å². The van der Waals surface area contributed by atoms with E-state index < -0.39 is 0 Å². The molecule has 10 nitrogen and oxygen atoms in total. The Kier molecular flexibility index (Phi) is 9.97. The van der Waals surface area contributed by atoms with Crippen molar-refractivity contribution in [2.45, 2.75) is 38.1 Å². The molecule has 1 atom stereocenters. The molecule has 1 aliphatic carbocycles. The fourth-order valence-electron chi connectivity index (χ4n) is 6.04. The molecule has 2 heterocycles. The van der Waals surface area contributed by atoms with E-state index in [4.69, 9.17) is 24.0 Å². The first kappa shape index (κ1) is 29.8. The average Bonchev–Trinajstić information content (AvgIpc) is 3.74. The van der Waals surface area contributed by atoms with Gasteiger partial charge in [0.25, 0.3) is 5.91 Å². The van der Waals surface area contributed by atoms with Crippen molar-refractivity contribution in [1.82, 2.24) is 14.8 Å². The maximum absolute atomic E-state index is 14.1. The first-order chi connectivity index (χ1) is 20.5. The van der Waals surface area contributed by atoms with Crippen LogP contribution in [0.15, 0.2) is 47.6 Å². The molecule has 42 heavy (non-hydrogen) atoms. The van der Waals surface area contributed by atoms with Crippen LogP contribution < -0.4 is 14.2 Å². The number of nitrogens with zero attached hydrogens (tertiary/aromatic N) is 4. The number of morpholine rings is 1. The van der Waals surface area contributed by atoms with E-state index in [-0.39, 0.29) is 30.3 Å². The number of carbonyl (C=O) groups excluding carboxylic acids is 2. The summed E-state index contributed by atoms with van der Waals surface area (Å²) in [6, 6.07) is 13.0. The maximum atomic E-state index is 14.1. The summed E-state index contributed by atoms with van der Waals surface area (Å²) < 4.78 is 21.8. The van der Waals surface area contributed by atoms with Gasteiger partial charge in [-0.05, 0) is 60.4 Å². The predicted molar refractivity (Wildman–Crippen MR) is 159 cm³/mol. The molecule has 0 aromatic heterocycles. The molecule has 0 spiro atoms. The van der Waals surface area contributed by atoms with Crippen LogP contribution in [0.1, 0.15) is 49.3 Å². The second kappa shape index (κ2) is 14.0. The Morgan fingerprint density at radius 3 is 2.33 bits per heavy atom. The minimum Gasteiger partial charge on any atom is -0.497 e. The molecule has 5 rings (SSSR count). The fraction of sp³-hybridized carbons (Fsp3) is 0.531. The Morgan fingerprint density at radius 2 is 1.67 bits per heavy atom. The van der Waals surface area contributed by atoms with Gasteiger partial charge in [0.2, 0.25) is 5.91 Å². The van der Waals surface area contributed by atoms with Gasteiger partial charge in [-0.15, -0.1) is 0 Å². The zero-order valence-electron chi connectivity index (χ0n) is 24.9. The molecule has 226 valence electrons. The highest BCUT2D eigenvalue weighted by Crippen LogP contribution is 2.38. The minimum absolute atomic E-state index is 0.0111. The van der Waals surface area contributed by atoms with E-state index in [1.54, 1.807) is 31.2 Å². The van der Waals surface area contributed by atoms with Crippen LogP contribution >= 0.6 is 0 Å². The highest BCUT2D eigenvalue weighted by atomic mass is 16.5. The normalized spacial score (nSPS) is 19.5. The molecule has 2 amide bonds. The van der Waals surface area contributed by atoms with Crippen LogP contribution in [0.25, 0.3) is 0 Å². The number of benzene rings is 2. The van der Waals surface area contributed by atoms with E-state index in [1.165, 1.54) is 0 Å². The SMILES string of the molecule is COc1ccc(C2=NN(C(=O)CN(CCN3CCOCC3)C(=O)C3CCCC3)[C@@H](c3ccc(OC)c(OC)c3)C2)cc1. The Balaban J connectivity index is 1.41. The van der Waals surface area contributed by atoms with Crippen LogP contribution in [0.5, 0.6) is 17.2 Å². The molecule has 0 radical (unpaired) electrons. The van der Waals surface area contributed by atoms with Crippen LogP contribution in [0.3, 0.4) is 0 Å². The van der Waals surface area contributed by atoms with Crippen molar-refractivity contribution < 1.29 is 28.5 Å². The molecular weight excluding hydrogens is 536 g/mol. The third kappa shape index (κ3) is 6.87. The summed E-state index contributed by atoms with van der Waals surface area (Å²) in [6.07, 6.45) is 4.42. The second-order valence-electron chi connectivity index (χ2n) is 11.0. The lowest BCUT2D eigenvalue weighted by Gasteiger charge is -2.32. The van der Waals surface area contributed by atoms with Gasteiger partial charge in [-0.2, -0.15) is 5.10 Å². The van der Waals surface area contributed by atoms with Gasteiger partial charge < -0.3 is 23.8 Å². The van der Waals surface area contributed by atoms with Gasteiger partial charge >= 0.3 is 0 Å². The summed E-state index contributed by atoms with van der Waals surface area (Å²) in [5.41, 5.74) is 2.60. The highest BCUT2D eigenvalue weighted by molar-refractivity contribution is 6.03. The Morgan fingerprint density at radius 1 is 0.952 bits per heavy atom. The first-order valence-electron chi connectivity index (χ1n) is 14.9. The van der Waals surface area contributed by atoms with Crippen LogP contribution in [0, 0.1) is 5.92 Å². The summed E-state index contributed by atoms with van der Waals surface area (Å²) in [5.74, 6) is 1.82. The van der Waals surface area contributed by atoms with E-state index in [1.807, 2.05) is 42.5 Å². The van der Waals surface area contributed by atoms with Crippen LogP contribution in [0.2, 0.25) is 0 Å². The van der Waals surface area contributed by atoms with E-state index in [0.717, 1.165) is 61.4 Å². The molecule has 2 aromatic rings. The Bertz CT molecular complexity index is 1250. The summed E-state index contributed by atoms with van der Waals surface area (Å²) >= 11 is 0. The smallest absolute Gasteiger partial charge is 0.262 e. The van der Waals surface area contributed by atoms with Gasteiger partial charge in [0.15, 0.2) is 11.5 Å². The topological polar surface area (TPSA) is 93.1 Å². The third-order valence-corrected chi connectivity index (χ3v) is 8.51. The van der Waals surface area contributed by atoms with Gasteiger partial charge in [-0.25, -0.2) is 5.01 Å². The van der Waals surface area contributed by atoms with Gasteiger partial charge in [0.05, 0.1) is 46.3 Å². The monoisotopic (exact) mass is 578 g/mol. The Hall–Kier alpha value is -3.63. The van der Waals surface area contributed by atoms with E-state index in [9.17, 15) is 9.59 Å². The Labute approximate surface area is 248 Å². The average molecular weight is 579 g/mol. The standard InChI is InChI=1S/C32H42N4O6/c1-39-26-11-8-23(9-12-26)27-21-28(25-10-13-29(40-2)30(20-25)41-3)36(33-27)31(37)22-35(32(38)24-6-4-5-7-24)15-14-34-16-18-42-19-17-34/h8-13,20,24,28H,4-7,14-19,21-22H2,1-3H3/t28-/m1/s1. The number of hydrazone groups is 1. The number of carbonyl (C=O) groups is 2. The summed E-state index contributed by atoms with van der Waals surface area (Å²) in [6.45, 7) is 4.27. The van der Waals surface area contributed by atoms with Gasteiger partial charge in [0, 0.05) is 38.5 Å². The van der Waals surface area contributed by atoms with Crippen molar-refractivity contribution in [3.05, 3.63) is 53.6 Å². The van der Waals surface area contributed by atoms with Crippen molar-refractivity contribution >= 4 is 17.5 Å². The van der Waals surface area contributed by atoms with Crippen LogP contribution in [-0.4, -0.2) is 99.6 Å². The third-order valence-electron chi connectivity index (χ3n) is 8.51. The lowest BCUT2D eigenvalue weighted by molar-refractivity contribution is -0.144. The number of amides is 2. The first-order valence-corrected chi connectivity index (χ1v) is 14.9. The molecule has 1 saturated carbocycles. The zero-order chi connectivity index (χ0) is 29.5. The number of methoxy groups -OCH3 is 3. The molecule has 0 bridgehead atoms. The van der Waals surface area contributed by atoms with Crippen molar-refractivity contribution in [3.8, 4) is 17.2 Å². The molecular formula is C32H42N4O6. The van der Waals surface area contributed by atoms with Crippen molar-refractivity contribution in [2.75, 3.05) is 67.3 Å². The van der Waals surface area contributed by atoms with Crippen LogP contribution in [0.4, 0.5) is 0 Å². The quantitative estimate of drug-likeness (QED) is 0.401. The van der Waals surface area contributed by atoms with Crippen LogP contribution in [-0.2, 0) is 14.3 Å². The summed E-state index contributed by atoms with van der Waals surface area (Å²) in [4.78, 5) is 31.8. The van der Waals surface area contributed by atoms with Crippen molar-refractivity contribution in [1.29, 1.82) is 0 Å². The molecule has 2 aliphatic heterocycles. The number of ether oxygens (including phenoxy) is 4. The minimum atomic E-state index is -0.350. The molecule has 3 aliphatic rings. The van der Waals surface area contributed by atoms with E-state index in [0.29, 0.717) is 44.2 Å². The number of hydrogen-bond acceptors (Lipinski definition) is 8. The molecule has 10 heteroatoms. The lowest BCUT2D eigenvalue weighted by atomic mass is 9.98. The summed E-state index contributed by atoms with van der Waals surface area (Å²) in [7, 11) is 4.83. The molecule has 0 N–H and O–H groups in total. The number of rotatable bonds is 11. The zero-order valence-corrected chi connectivity index (χ0v) is 24.9. The number of hydrogen-bond donors (Lipinski definition) is 0. The van der Waals surface area contributed by atoms with Gasteiger partial charge in [-0.1, -0.05) is 18.9 Å². The lowest BCUT2D eigenvalue weighted by Crippen LogP contribution is -2.47. The van der Waals surface area contributed by atoms with Gasteiger partial charge in [-0.3, -0.25) is 14.5 Å². The fourth-order valence-corrected chi connectivity index (χ4v) is 6.04. The van der Waals surface area contributed by atoms with E-state index >= 15 is 0 Å². The molecule has 2 aromatic carbocycles. The molecule has 0 unspecified atom stereocenters. The summed E-state index contributed by atoms with van der Waals surface area (Å²) in [5, 5.41) is 6.41. The highest BCUT2D eigenvalue weighted by Gasteiger charge is 2.36. The molecule has 2 fully saturated rings. The van der Waals surface area contributed by atoms with Gasteiger partial charge in [0.1, 0.15) is 12.3 Å². The predicted octanol–water partition coefficient (Wildman–Crippen LogP) is 3.74. The maximum Gasteiger partial charge on any atom is 0.262 e. The largest absolute Gasteiger partial charge is 0.497 e.